The molecule has 3 nitrogen and oxygen atoms in total. The summed E-state index contributed by atoms with van der Waals surface area (Å²) in [6.45, 7) is 2.90. The van der Waals surface area contributed by atoms with E-state index in [-0.39, 0.29) is 18.1 Å². The van der Waals surface area contributed by atoms with E-state index in [1.165, 1.54) is 6.42 Å². The molecule has 0 bridgehead atoms. The molecule has 0 aromatic carbocycles. The van der Waals surface area contributed by atoms with Gasteiger partial charge in [-0.3, -0.25) is 4.79 Å². The van der Waals surface area contributed by atoms with E-state index in [4.69, 9.17) is 4.74 Å². The molecule has 0 radical (unpaired) electrons. The van der Waals surface area contributed by atoms with Gasteiger partial charge in [-0.05, 0) is 32.6 Å². The number of hydrogen-bond acceptors (Lipinski definition) is 2. The highest BCUT2D eigenvalue weighted by molar-refractivity contribution is 5.79. The first-order chi connectivity index (χ1) is 6.77. The summed E-state index contributed by atoms with van der Waals surface area (Å²) in [7, 11) is 0. The van der Waals surface area contributed by atoms with E-state index in [2.05, 4.69) is 5.32 Å². The SMILES string of the molecule is C[C@@H](NC(=O)C1CCC1)[C@@H]1CCCO1. The van der Waals surface area contributed by atoms with Gasteiger partial charge >= 0.3 is 0 Å². The Bertz CT molecular complexity index is 207. The minimum atomic E-state index is 0.186. The van der Waals surface area contributed by atoms with Crippen LogP contribution in [0.2, 0.25) is 0 Å². The number of nitrogens with one attached hydrogen (secondary N) is 1. The fraction of sp³-hybridized carbons (Fsp3) is 0.909. The van der Waals surface area contributed by atoms with E-state index in [1.807, 2.05) is 6.92 Å². The Labute approximate surface area is 85.2 Å². The van der Waals surface area contributed by atoms with Crippen LogP contribution in [0.1, 0.15) is 39.0 Å². The minimum Gasteiger partial charge on any atom is -0.376 e. The van der Waals surface area contributed by atoms with Gasteiger partial charge in [-0.15, -0.1) is 0 Å². The van der Waals surface area contributed by atoms with Crippen LogP contribution in [0.25, 0.3) is 0 Å². The summed E-state index contributed by atoms with van der Waals surface area (Å²) in [6.07, 6.45) is 5.83. The standard InChI is InChI=1S/C11H19NO2/c1-8(10-6-3-7-14-10)12-11(13)9-4-2-5-9/h8-10H,2-7H2,1H3,(H,12,13)/t8-,10+/m1/s1. The zero-order chi connectivity index (χ0) is 9.97. The Hall–Kier alpha value is -0.570. The van der Waals surface area contributed by atoms with Gasteiger partial charge in [-0.25, -0.2) is 0 Å². The van der Waals surface area contributed by atoms with Crippen molar-refractivity contribution in [1.29, 1.82) is 0 Å². The third-order valence-electron chi connectivity index (χ3n) is 3.37. The molecule has 1 saturated heterocycles. The van der Waals surface area contributed by atoms with Gasteiger partial charge in [0.05, 0.1) is 12.1 Å². The zero-order valence-electron chi connectivity index (χ0n) is 8.79. The molecule has 0 spiro atoms. The number of carbonyl (C=O) groups excluding carboxylic acids is 1. The molecule has 14 heavy (non-hydrogen) atoms. The van der Waals surface area contributed by atoms with Crippen molar-refractivity contribution < 1.29 is 9.53 Å². The van der Waals surface area contributed by atoms with Crippen LogP contribution in [0.15, 0.2) is 0 Å². The van der Waals surface area contributed by atoms with Gasteiger partial charge in [0.1, 0.15) is 0 Å². The molecule has 2 fully saturated rings. The number of hydrogen-bond donors (Lipinski definition) is 1. The van der Waals surface area contributed by atoms with Crippen molar-refractivity contribution in [1.82, 2.24) is 5.32 Å². The van der Waals surface area contributed by atoms with Crippen molar-refractivity contribution in [2.45, 2.75) is 51.2 Å². The Morgan fingerprint density at radius 2 is 2.14 bits per heavy atom. The van der Waals surface area contributed by atoms with Crippen LogP contribution in [0.5, 0.6) is 0 Å². The van der Waals surface area contributed by atoms with Crippen molar-refractivity contribution in [3.05, 3.63) is 0 Å². The highest BCUT2D eigenvalue weighted by atomic mass is 16.5. The molecular weight excluding hydrogens is 178 g/mol. The Balaban J connectivity index is 1.74. The van der Waals surface area contributed by atoms with Crippen molar-refractivity contribution >= 4 is 5.91 Å². The normalized spacial score (nSPS) is 29.6. The second kappa shape index (κ2) is 4.30. The summed E-state index contributed by atoms with van der Waals surface area (Å²) >= 11 is 0. The molecule has 0 aromatic rings. The molecule has 0 aromatic heterocycles. The van der Waals surface area contributed by atoms with Gasteiger partial charge in [0.25, 0.3) is 0 Å². The molecule has 1 amide bonds. The van der Waals surface area contributed by atoms with Gasteiger partial charge in [0.15, 0.2) is 0 Å². The van der Waals surface area contributed by atoms with E-state index in [9.17, 15) is 4.79 Å². The molecule has 1 N–H and O–H groups in total. The molecule has 2 atom stereocenters. The molecular formula is C11H19NO2. The summed E-state index contributed by atoms with van der Waals surface area (Å²) < 4.78 is 5.53. The predicted molar refractivity (Wildman–Crippen MR) is 53.9 cm³/mol. The van der Waals surface area contributed by atoms with Crippen LogP contribution in [-0.2, 0) is 9.53 Å². The van der Waals surface area contributed by atoms with E-state index < -0.39 is 0 Å². The lowest BCUT2D eigenvalue weighted by atomic mass is 9.84. The van der Waals surface area contributed by atoms with Crippen LogP contribution < -0.4 is 5.32 Å². The van der Waals surface area contributed by atoms with Gasteiger partial charge < -0.3 is 10.1 Å². The van der Waals surface area contributed by atoms with Gasteiger partial charge in [-0.2, -0.15) is 0 Å². The maximum atomic E-state index is 11.6. The average Bonchev–Trinajstić information content (AvgIpc) is 2.51. The summed E-state index contributed by atoms with van der Waals surface area (Å²) in [5.41, 5.74) is 0. The predicted octanol–water partition coefficient (Wildman–Crippen LogP) is 1.47. The minimum absolute atomic E-state index is 0.186. The summed E-state index contributed by atoms with van der Waals surface area (Å²) in [4.78, 5) is 11.6. The smallest absolute Gasteiger partial charge is 0.223 e. The highest BCUT2D eigenvalue weighted by Gasteiger charge is 2.29. The molecule has 3 heteroatoms. The van der Waals surface area contributed by atoms with E-state index in [0.29, 0.717) is 5.92 Å². The van der Waals surface area contributed by atoms with Crippen LogP contribution in [0.3, 0.4) is 0 Å². The molecule has 0 unspecified atom stereocenters. The van der Waals surface area contributed by atoms with Gasteiger partial charge in [-0.1, -0.05) is 6.42 Å². The Kier molecular flexibility index (Phi) is 3.06. The van der Waals surface area contributed by atoms with Crippen molar-refractivity contribution in [2.24, 2.45) is 5.92 Å². The maximum absolute atomic E-state index is 11.6. The maximum Gasteiger partial charge on any atom is 0.223 e. The third kappa shape index (κ3) is 2.08. The molecule has 1 heterocycles. The van der Waals surface area contributed by atoms with Crippen molar-refractivity contribution in [2.75, 3.05) is 6.61 Å². The van der Waals surface area contributed by atoms with E-state index >= 15 is 0 Å². The zero-order valence-corrected chi connectivity index (χ0v) is 8.79. The molecule has 1 aliphatic carbocycles. The van der Waals surface area contributed by atoms with Crippen molar-refractivity contribution in [3.63, 3.8) is 0 Å². The van der Waals surface area contributed by atoms with Crippen LogP contribution in [0.4, 0.5) is 0 Å². The van der Waals surface area contributed by atoms with Crippen molar-refractivity contribution in [3.8, 4) is 0 Å². The Morgan fingerprint density at radius 3 is 2.64 bits per heavy atom. The van der Waals surface area contributed by atoms with Gasteiger partial charge in [0.2, 0.25) is 5.91 Å². The Morgan fingerprint density at radius 1 is 1.36 bits per heavy atom. The largest absolute Gasteiger partial charge is 0.376 e. The summed E-state index contributed by atoms with van der Waals surface area (Å²) in [6, 6.07) is 0.186. The van der Waals surface area contributed by atoms with Crippen LogP contribution >= 0.6 is 0 Å². The third-order valence-corrected chi connectivity index (χ3v) is 3.37. The molecule has 2 rings (SSSR count). The van der Waals surface area contributed by atoms with E-state index in [1.54, 1.807) is 0 Å². The lowest BCUT2D eigenvalue weighted by Crippen LogP contribution is -2.45. The number of amides is 1. The first-order valence-electron chi connectivity index (χ1n) is 5.69. The average molecular weight is 197 g/mol. The monoisotopic (exact) mass is 197 g/mol. The quantitative estimate of drug-likeness (QED) is 0.744. The fourth-order valence-electron chi connectivity index (χ4n) is 2.10. The number of carbonyl (C=O) groups is 1. The molecule has 1 aliphatic heterocycles. The highest BCUT2D eigenvalue weighted by Crippen LogP contribution is 2.26. The molecule has 1 saturated carbocycles. The van der Waals surface area contributed by atoms with E-state index in [0.717, 1.165) is 32.3 Å². The first kappa shape index (κ1) is 9.97. The lowest BCUT2D eigenvalue weighted by molar-refractivity contribution is -0.128. The summed E-state index contributed by atoms with van der Waals surface area (Å²) in [5.74, 6) is 0.526. The number of rotatable bonds is 3. The molecule has 2 aliphatic rings. The van der Waals surface area contributed by atoms with Gasteiger partial charge in [0, 0.05) is 12.5 Å². The second-order valence-electron chi connectivity index (χ2n) is 4.48. The first-order valence-corrected chi connectivity index (χ1v) is 5.69. The molecule has 80 valence electrons. The van der Waals surface area contributed by atoms with Crippen LogP contribution in [-0.4, -0.2) is 24.7 Å². The number of ether oxygens (including phenoxy) is 1. The fourth-order valence-corrected chi connectivity index (χ4v) is 2.10. The van der Waals surface area contributed by atoms with Crippen LogP contribution in [0, 0.1) is 5.92 Å². The lowest BCUT2D eigenvalue weighted by Gasteiger charge is -2.27. The second-order valence-corrected chi connectivity index (χ2v) is 4.48. The topological polar surface area (TPSA) is 38.3 Å². The summed E-state index contributed by atoms with van der Waals surface area (Å²) in [5, 5.41) is 3.06.